The highest BCUT2D eigenvalue weighted by Crippen LogP contribution is 2.31. The van der Waals surface area contributed by atoms with Crippen molar-refractivity contribution in [1.82, 2.24) is 24.8 Å². The third-order valence-electron chi connectivity index (χ3n) is 4.82. The number of carbonyl (C=O) groups excluding carboxylic acids is 1. The molecular weight excluding hydrogens is 473 g/mol. The molecule has 1 saturated heterocycles. The highest BCUT2D eigenvalue weighted by atomic mass is 35.5. The first-order valence-electron chi connectivity index (χ1n) is 9.98. The average Bonchev–Trinajstić information content (AvgIpc) is 3.29. The van der Waals surface area contributed by atoms with Gasteiger partial charge in [-0.3, -0.25) is 9.63 Å². The molecule has 0 unspecified atom stereocenters. The van der Waals surface area contributed by atoms with E-state index in [0.29, 0.717) is 41.5 Å². The minimum Gasteiger partial charge on any atom is -0.421 e. The van der Waals surface area contributed by atoms with Crippen LogP contribution in [-0.4, -0.2) is 70.6 Å². The Bertz CT molecular complexity index is 1160. The number of rotatable bonds is 6. The number of amides is 1. The molecule has 0 saturated carbocycles. The number of nitrogens with zero attached hydrogens (tertiary/aromatic N) is 6. The lowest BCUT2D eigenvalue weighted by Crippen LogP contribution is -2.44. The Morgan fingerprint density at radius 1 is 1.36 bits per heavy atom. The lowest BCUT2D eigenvalue weighted by molar-refractivity contribution is 0.0827. The van der Waals surface area contributed by atoms with Crippen LogP contribution in [0.2, 0.25) is 0 Å². The molecule has 0 aliphatic carbocycles. The maximum atomic E-state index is 14.7. The van der Waals surface area contributed by atoms with Gasteiger partial charge in [-0.15, -0.1) is 0 Å². The third-order valence-corrected chi connectivity index (χ3v) is 6.02. The Morgan fingerprint density at radius 2 is 2.18 bits per heavy atom. The number of halogens is 2. The van der Waals surface area contributed by atoms with Gasteiger partial charge >= 0.3 is 6.01 Å². The number of hydrogen-bond acceptors (Lipinski definition) is 10. The van der Waals surface area contributed by atoms with Gasteiger partial charge in [-0.1, -0.05) is 11.3 Å². The summed E-state index contributed by atoms with van der Waals surface area (Å²) in [5, 5.41) is 0.475. The minimum absolute atomic E-state index is 0.0245. The molecule has 1 aliphatic rings. The number of ether oxygens (including phenoxy) is 2. The number of morpholine rings is 1. The zero-order valence-corrected chi connectivity index (χ0v) is 19.7. The van der Waals surface area contributed by atoms with Crippen LogP contribution in [-0.2, 0) is 4.74 Å². The van der Waals surface area contributed by atoms with Crippen LogP contribution < -0.4 is 14.5 Å². The molecule has 0 radical (unpaired) electrons. The largest absolute Gasteiger partial charge is 0.421 e. The van der Waals surface area contributed by atoms with Gasteiger partial charge < -0.3 is 19.3 Å². The van der Waals surface area contributed by atoms with E-state index < -0.39 is 5.82 Å². The topological polar surface area (TPSA) is 106 Å². The van der Waals surface area contributed by atoms with Crippen LogP contribution in [0.3, 0.4) is 0 Å². The van der Waals surface area contributed by atoms with Crippen molar-refractivity contribution in [1.29, 1.82) is 0 Å². The van der Waals surface area contributed by atoms with Crippen molar-refractivity contribution in [2.75, 3.05) is 43.6 Å². The van der Waals surface area contributed by atoms with Gasteiger partial charge in [0, 0.05) is 38.0 Å². The molecule has 1 fully saturated rings. The number of benzene rings is 1. The molecule has 33 heavy (non-hydrogen) atoms. The average molecular weight is 494 g/mol. The normalized spacial score (nSPS) is 15.9. The highest BCUT2D eigenvalue weighted by molar-refractivity contribution is 7.19. The van der Waals surface area contributed by atoms with Crippen molar-refractivity contribution in [2.45, 2.75) is 13.0 Å². The summed E-state index contributed by atoms with van der Waals surface area (Å²) in [6.45, 7) is 3.62. The van der Waals surface area contributed by atoms with Crippen LogP contribution in [0.5, 0.6) is 11.8 Å². The first-order valence-corrected chi connectivity index (χ1v) is 11.2. The molecule has 3 aromatic rings. The molecule has 2 aromatic heterocycles. The molecule has 13 heteroatoms. The van der Waals surface area contributed by atoms with Crippen molar-refractivity contribution in [3.05, 3.63) is 35.8 Å². The first-order chi connectivity index (χ1) is 15.9. The van der Waals surface area contributed by atoms with E-state index in [9.17, 15) is 9.18 Å². The summed E-state index contributed by atoms with van der Waals surface area (Å²) in [5.74, 6) is -0.461. The fraction of sp³-hybridized carbons (Fsp3) is 0.350. The second-order valence-corrected chi connectivity index (χ2v) is 8.65. The Kier molecular flexibility index (Phi) is 6.86. The van der Waals surface area contributed by atoms with E-state index in [1.165, 1.54) is 28.4 Å². The minimum atomic E-state index is -0.711. The molecule has 1 N–H and O–H groups in total. The van der Waals surface area contributed by atoms with E-state index in [1.54, 1.807) is 20.3 Å². The predicted octanol–water partition coefficient (Wildman–Crippen LogP) is 3.42. The van der Waals surface area contributed by atoms with Crippen molar-refractivity contribution in [3.8, 4) is 22.5 Å². The van der Waals surface area contributed by atoms with Gasteiger partial charge in [0.25, 0.3) is 5.91 Å². The van der Waals surface area contributed by atoms with Gasteiger partial charge in [0.15, 0.2) is 22.5 Å². The van der Waals surface area contributed by atoms with Crippen LogP contribution in [0.4, 0.5) is 15.5 Å². The highest BCUT2D eigenvalue weighted by Gasteiger charge is 2.24. The molecule has 1 atom stereocenters. The first kappa shape index (κ1) is 23.1. The van der Waals surface area contributed by atoms with Gasteiger partial charge in [0.1, 0.15) is 0 Å². The summed E-state index contributed by atoms with van der Waals surface area (Å²) < 4.78 is 25.9. The van der Waals surface area contributed by atoms with Crippen LogP contribution in [0.1, 0.15) is 17.3 Å². The number of carbonyl (C=O) groups is 1. The number of hydrogen-bond donors (Lipinski definition) is 1. The Morgan fingerprint density at radius 3 is 2.85 bits per heavy atom. The number of nitrogens with one attached hydrogen (secondary N) is 1. The molecule has 1 aromatic carbocycles. The maximum absolute atomic E-state index is 14.7. The SMILES string of the molecule is C[C@H]1COCCN1c1nc(Oc2ccc(C(=O)N(C)C)cc2F)nc(-c2cnc(NCl)s2)n1. The maximum Gasteiger partial charge on any atom is 0.327 e. The Balaban J connectivity index is 1.70. The van der Waals surface area contributed by atoms with Gasteiger partial charge in [0.2, 0.25) is 5.95 Å². The molecule has 10 nitrogen and oxygen atoms in total. The zero-order chi connectivity index (χ0) is 23.5. The fourth-order valence-corrected chi connectivity index (χ4v) is 3.95. The van der Waals surface area contributed by atoms with Crippen molar-refractivity contribution in [2.24, 2.45) is 0 Å². The summed E-state index contributed by atoms with van der Waals surface area (Å²) in [7, 11) is 3.19. The fourth-order valence-electron chi connectivity index (χ4n) is 3.15. The molecule has 1 aliphatic heterocycles. The van der Waals surface area contributed by atoms with Crippen molar-refractivity contribution < 1.29 is 18.7 Å². The summed E-state index contributed by atoms with van der Waals surface area (Å²) in [6.07, 6.45) is 1.57. The molecule has 174 valence electrons. The molecule has 3 heterocycles. The predicted molar refractivity (Wildman–Crippen MR) is 123 cm³/mol. The van der Waals surface area contributed by atoms with E-state index in [1.807, 2.05) is 11.8 Å². The molecular formula is C20H21ClFN7O3S. The summed E-state index contributed by atoms with van der Waals surface area (Å²) in [6, 6.07) is 3.90. The molecule has 0 bridgehead atoms. The van der Waals surface area contributed by atoms with Gasteiger partial charge in [0.05, 0.1) is 30.3 Å². The van der Waals surface area contributed by atoms with Crippen LogP contribution >= 0.6 is 23.1 Å². The lowest BCUT2D eigenvalue weighted by atomic mass is 10.2. The number of thiazole rings is 1. The van der Waals surface area contributed by atoms with Crippen molar-refractivity contribution in [3.63, 3.8) is 0 Å². The van der Waals surface area contributed by atoms with E-state index in [2.05, 4.69) is 24.8 Å². The van der Waals surface area contributed by atoms with E-state index in [4.69, 9.17) is 21.3 Å². The summed E-state index contributed by atoms with van der Waals surface area (Å²) >= 11 is 6.89. The Labute approximate surface area is 198 Å². The zero-order valence-electron chi connectivity index (χ0n) is 18.1. The monoisotopic (exact) mass is 493 g/mol. The molecule has 1 amide bonds. The van der Waals surface area contributed by atoms with Gasteiger partial charge in [-0.2, -0.15) is 15.0 Å². The van der Waals surface area contributed by atoms with Crippen LogP contribution in [0, 0.1) is 5.82 Å². The number of anilines is 2. The second kappa shape index (κ2) is 9.81. The lowest BCUT2D eigenvalue weighted by Gasteiger charge is -2.33. The van der Waals surface area contributed by atoms with E-state index >= 15 is 0 Å². The van der Waals surface area contributed by atoms with Crippen LogP contribution in [0.25, 0.3) is 10.7 Å². The third kappa shape index (κ3) is 5.13. The Hall–Kier alpha value is -3.09. The summed E-state index contributed by atoms with van der Waals surface area (Å²) in [4.78, 5) is 36.0. The number of aromatic nitrogens is 4. The summed E-state index contributed by atoms with van der Waals surface area (Å²) in [5.41, 5.74) is 0.204. The smallest absolute Gasteiger partial charge is 0.327 e. The van der Waals surface area contributed by atoms with Gasteiger partial charge in [-0.25, -0.2) is 9.37 Å². The molecule has 4 rings (SSSR count). The molecule has 0 spiro atoms. The van der Waals surface area contributed by atoms with Crippen LogP contribution in [0.15, 0.2) is 24.4 Å². The van der Waals surface area contributed by atoms with Crippen molar-refractivity contribution >= 4 is 40.1 Å². The van der Waals surface area contributed by atoms with E-state index in [0.717, 1.165) is 6.07 Å². The second-order valence-electron chi connectivity index (χ2n) is 7.43. The standard InChI is InChI=1S/C20H21ClFN7O3S/c1-11-10-31-7-6-29(11)18-24-16(15-9-23-20(27-21)33-15)25-19(26-18)32-14-5-4-12(8-13(14)22)17(30)28(2)3/h4-5,8-9,11H,6-7,10H2,1-3H3,(H,23,27)/t11-/m0/s1. The van der Waals surface area contributed by atoms with E-state index in [-0.39, 0.29) is 29.3 Å². The quantitative estimate of drug-likeness (QED) is 0.517. The van der Waals surface area contributed by atoms with Gasteiger partial charge in [-0.05, 0) is 25.1 Å².